The fourth-order valence-corrected chi connectivity index (χ4v) is 1.22. The van der Waals surface area contributed by atoms with Crippen LogP contribution in [0, 0.1) is 0 Å². The Morgan fingerprint density at radius 3 is 2.80 bits per heavy atom. The molecule has 2 nitrogen and oxygen atoms in total. The van der Waals surface area contributed by atoms with Gasteiger partial charge in [0.1, 0.15) is 4.49 Å². The van der Waals surface area contributed by atoms with Crippen molar-refractivity contribution in [3.05, 3.63) is 15.6 Å². The van der Waals surface area contributed by atoms with E-state index in [1.54, 1.807) is 5.38 Å². The smallest absolute Gasteiger partial charge is 0.180 e. The van der Waals surface area contributed by atoms with E-state index in [1.807, 2.05) is 0 Å². The van der Waals surface area contributed by atoms with Gasteiger partial charge in [0.15, 0.2) is 5.13 Å². The molecule has 54 valence electrons. The van der Waals surface area contributed by atoms with Crippen molar-refractivity contribution >= 4 is 45.7 Å². The van der Waals surface area contributed by atoms with Crippen LogP contribution in [0.15, 0.2) is 9.87 Å². The van der Waals surface area contributed by atoms with Crippen LogP contribution in [0.4, 0.5) is 5.13 Å². The van der Waals surface area contributed by atoms with Gasteiger partial charge in [-0.05, 0) is 6.08 Å². The van der Waals surface area contributed by atoms with Gasteiger partial charge in [-0.25, -0.2) is 4.98 Å². The highest BCUT2D eigenvalue weighted by Crippen LogP contribution is 2.17. The molecule has 0 aliphatic rings. The van der Waals surface area contributed by atoms with E-state index in [4.69, 9.17) is 28.9 Å². The topological polar surface area (TPSA) is 38.9 Å². The van der Waals surface area contributed by atoms with Gasteiger partial charge in [-0.3, -0.25) is 0 Å². The first-order valence-corrected chi connectivity index (χ1v) is 4.06. The number of hydrogen-bond donors (Lipinski definition) is 1. The largest absolute Gasteiger partial charge is 0.375 e. The predicted molar refractivity (Wildman–Crippen MR) is 46.2 cm³/mol. The van der Waals surface area contributed by atoms with Crippen molar-refractivity contribution in [2.45, 2.75) is 0 Å². The molecule has 10 heavy (non-hydrogen) atoms. The molecule has 1 aromatic rings. The third-order valence-electron chi connectivity index (χ3n) is 0.797. The molecule has 0 aliphatic heterocycles. The van der Waals surface area contributed by atoms with Crippen molar-refractivity contribution in [1.82, 2.24) is 4.98 Å². The minimum absolute atomic E-state index is 0.185. The Morgan fingerprint density at radius 2 is 2.40 bits per heavy atom. The molecule has 0 atom stereocenters. The summed E-state index contributed by atoms with van der Waals surface area (Å²) in [5, 5.41) is 2.29. The lowest BCUT2D eigenvalue weighted by Crippen LogP contribution is -1.80. The Labute approximate surface area is 72.3 Å². The standard InChI is InChI=1S/C5H4Cl2N2S/c6-4(7)1-3-2-10-5(8)9-3/h1-2H,(H2,8,9). The Hall–Kier alpha value is -0.250. The molecule has 0 amide bonds. The Bertz CT molecular complexity index is 252. The van der Waals surface area contributed by atoms with Crippen LogP contribution >= 0.6 is 34.5 Å². The summed E-state index contributed by atoms with van der Waals surface area (Å²) in [7, 11) is 0. The summed E-state index contributed by atoms with van der Waals surface area (Å²) in [5.41, 5.74) is 6.04. The normalized spacial score (nSPS) is 9.40. The highest BCUT2D eigenvalue weighted by atomic mass is 35.5. The second kappa shape index (κ2) is 3.23. The van der Waals surface area contributed by atoms with Crippen LogP contribution in [0.5, 0.6) is 0 Å². The fraction of sp³-hybridized carbons (Fsp3) is 0. The molecule has 0 radical (unpaired) electrons. The highest BCUT2D eigenvalue weighted by molar-refractivity contribution is 7.13. The van der Waals surface area contributed by atoms with E-state index in [2.05, 4.69) is 4.98 Å². The third kappa shape index (κ3) is 2.17. The van der Waals surface area contributed by atoms with Gasteiger partial charge in [-0.15, -0.1) is 11.3 Å². The monoisotopic (exact) mass is 194 g/mol. The summed E-state index contributed by atoms with van der Waals surface area (Å²) in [6, 6.07) is 0. The van der Waals surface area contributed by atoms with Crippen molar-refractivity contribution < 1.29 is 0 Å². The Morgan fingerprint density at radius 1 is 1.70 bits per heavy atom. The molecule has 0 fully saturated rings. The average Bonchev–Trinajstić information content (AvgIpc) is 2.13. The molecule has 0 aliphatic carbocycles. The number of nitrogens with two attached hydrogens (primary N) is 1. The molecule has 0 unspecified atom stereocenters. The van der Waals surface area contributed by atoms with Gasteiger partial charge in [0, 0.05) is 5.38 Å². The quantitative estimate of drug-likeness (QED) is 0.747. The molecule has 1 aromatic heterocycles. The van der Waals surface area contributed by atoms with Crippen LogP contribution in [0.3, 0.4) is 0 Å². The molecular formula is C5H4Cl2N2S. The minimum Gasteiger partial charge on any atom is -0.375 e. The first-order valence-electron chi connectivity index (χ1n) is 2.42. The lowest BCUT2D eigenvalue weighted by Gasteiger charge is -1.80. The fourth-order valence-electron chi connectivity index (χ4n) is 0.479. The van der Waals surface area contributed by atoms with Crippen LogP contribution in [-0.2, 0) is 0 Å². The van der Waals surface area contributed by atoms with Crippen molar-refractivity contribution in [1.29, 1.82) is 0 Å². The van der Waals surface area contributed by atoms with Crippen molar-refractivity contribution in [2.75, 3.05) is 5.73 Å². The number of halogens is 2. The van der Waals surface area contributed by atoms with Gasteiger partial charge in [0.2, 0.25) is 0 Å². The molecule has 0 spiro atoms. The van der Waals surface area contributed by atoms with E-state index < -0.39 is 0 Å². The summed E-state index contributed by atoms with van der Waals surface area (Å²) in [5.74, 6) is 0. The van der Waals surface area contributed by atoms with E-state index >= 15 is 0 Å². The predicted octanol–water partition coefficient (Wildman–Crippen LogP) is 2.50. The van der Waals surface area contributed by atoms with E-state index in [9.17, 15) is 0 Å². The summed E-state index contributed by atoms with van der Waals surface area (Å²) in [4.78, 5) is 3.90. The number of rotatable bonds is 1. The number of anilines is 1. The van der Waals surface area contributed by atoms with E-state index in [-0.39, 0.29) is 4.49 Å². The lowest BCUT2D eigenvalue weighted by molar-refractivity contribution is 1.39. The molecule has 0 aromatic carbocycles. The van der Waals surface area contributed by atoms with E-state index in [0.29, 0.717) is 10.8 Å². The number of thiazole rings is 1. The van der Waals surface area contributed by atoms with E-state index in [1.165, 1.54) is 17.4 Å². The van der Waals surface area contributed by atoms with E-state index in [0.717, 1.165) is 0 Å². The molecule has 1 rings (SSSR count). The zero-order valence-electron chi connectivity index (χ0n) is 4.84. The van der Waals surface area contributed by atoms with Gasteiger partial charge in [0.25, 0.3) is 0 Å². The minimum atomic E-state index is 0.185. The first-order chi connectivity index (χ1) is 4.68. The van der Waals surface area contributed by atoms with Crippen LogP contribution in [0.2, 0.25) is 0 Å². The maximum absolute atomic E-state index is 5.37. The zero-order valence-corrected chi connectivity index (χ0v) is 7.17. The molecule has 2 N–H and O–H groups in total. The molecule has 0 bridgehead atoms. The molecule has 5 heteroatoms. The third-order valence-corrected chi connectivity index (χ3v) is 1.71. The van der Waals surface area contributed by atoms with Crippen molar-refractivity contribution in [3.63, 3.8) is 0 Å². The van der Waals surface area contributed by atoms with Gasteiger partial charge < -0.3 is 5.73 Å². The van der Waals surface area contributed by atoms with Gasteiger partial charge in [-0.1, -0.05) is 23.2 Å². The number of nitrogen functional groups attached to an aromatic ring is 1. The lowest BCUT2D eigenvalue weighted by atomic mass is 10.5. The maximum Gasteiger partial charge on any atom is 0.180 e. The maximum atomic E-state index is 5.37. The summed E-state index contributed by atoms with van der Waals surface area (Å²) in [6.45, 7) is 0. The highest BCUT2D eigenvalue weighted by Gasteiger charge is 1.94. The second-order valence-electron chi connectivity index (χ2n) is 1.54. The van der Waals surface area contributed by atoms with Crippen LogP contribution < -0.4 is 5.73 Å². The Kier molecular flexibility index (Phi) is 2.54. The number of nitrogens with zero attached hydrogens (tertiary/aromatic N) is 1. The molecular weight excluding hydrogens is 191 g/mol. The second-order valence-corrected chi connectivity index (χ2v) is 3.44. The van der Waals surface area contributed by atoms with Gasteiger partial charge in [0.05, 0.1) is 5.69 Å². The summed E-state index contributed by atoms with van der Waals surface area (Å²) < 4.78 is 0.185. The number of hydrogen-bond acceptors (Lipinski definition) is 3. The average molecular weight is 195 g/mol. The van der Waals surface area contributed by atoms with Crippen LogP contribution in [0.1, 0.15) is 5.69 Å². The molecule has 0 saturated carbocycles. The number of aromatic nitrogens is 1. The summed E-state index contributed by atoms with van der Waals surface area (Å²) >= 11 is 12.1. The SMILES string of the molecule is Nc1nc(C=C(Cl)Cl)cs1. The summed E-state index contributed by atoms with van der Waals surface area (Å²) in [6.07, 6.45) is 1.54. The van der Waals surface area contributed by atoms with Gasteiger partial charge >= 0.3 is 0 Å². The van der Waals surface area contributed by atoms with Gasteiger partial charge in [-0.2, -0.15) is 0 Å². The zero-order chi connectivity index (χ0) is 7.56. The van der Waals surface area contributed by atoms with Crippen molar-refractivity contribution in [2.24, 2.45) is 0 Å². The van der Waals surface area contributed by atoms with Crippen LogP contribution in [0.25, 0.3) is 6.08 Å². The molecule has 0 saturated heterocycles. The van der Waals surface area contributed by atoms with Crippen molar-refractivity contribution in [3.8, 4) is 0 Å². The molecule has 1 heterocycles. The first kappa shape index (κ1) is 7.85. The Balaban J connectivity index is 2.86. The van der Waals surface area contributed by atoms with Crippen LogP contribution in [-0.4, -0.2) is 4.98 Å².